The monoisotopic (exact) mass is 154 g/mol. The number of halogens is 1. The minimum absolute atomic E-state index is 0. The highest BCUT2D eigenvalue weighted by atomic mass is 35.5. The van der Waals surface area contributed by atoms with E-state index in [1.165, 1.54) is 0 Å². The van der Waals surface area contributed by atoms with E-state index in [-0.39, 0.29) is 12.4 Å². The molecule has 0 rings (SSSR count). The largest absolute Gasteiger partial charge is 0.368 e. The Hall–Kier alpha value is 0.210. The lowest BCUT2D eigenvalue weighted by Gasteiger charge is -1.99. The fourth-order valence-corrected chi connectivity index (χ4v) is 0.577. The van der Waals surface area contributed by atoms with Crippen molar-refractivity contribution in [3.63, 3.8) is 0 Å². The van der Waals surface area contributed by atoms with Crippen LogP contribution in [0.15, 0.2) is 0 Å². The first-order valence-corrected chi connectivity index (χ1v) is 3.13. The van der Waals surface area contributed by atoms with Gasteiger partial charge in [-0.3, -0.25) is 0 Å². The number of aliphatic hydroxyl groups is 2. The van der Waals surface area contributed by atoms with Gasteiger partial charge in [0.15, 0.2) is 6.29 Å². The molecule has 2 N–H and O–H groups in total. The van der Waals surface area contributed by atoms with Gasteiger partial charge in [0.25, 0.3) is 0 Å². The molecule has 0 fully saturated rings. The van der Waals surface area contributed by atoms with Crippen LogP contribution in [0.5, 0.6) is 0 Å². The Morgan fingerprint density at radius 1 is 1.22 bits per heavy atom. The van der Waals surface area contributed by atoms with E-state index >= 15 is 0 Å². The van der Waals surface area contributed by atoms with E-state index in [0.717, 1.165) is 19.3 Å². The van der Waals surface area contributed by atoms with Crippen molar-refractivity contribution in [1.29, 1.82) is 0 Å². The van der Waals surface area contributed by atoms with Crippen LogP contribution in [0.1, 0.15) is 32.6 Å². The van der Waals surface area contributed by atoms with Gasteiger partial charge in [-0.2, -0.15) is 0 Å². The molecule has 58 valence electrons. The van der Waals surface area contributed by atoms with Gasteiger partial charge in [0, 0.05) is 0 Å². The Morgan fingerprint density at radius 2 is 1.78 bits per heavy atom. The van der Waals surface area contributed by atoms with Crippen LogP contribution >= 0.6 is 12.4 Å². The summed E-state index contributed by atoms with van der Waals surface area (Å²) in [6.45, 7) is 2.09. The van der Waals surface area contributed by atoms with E-state index in [9.17, 15) is 0 Å². The average Bonchev–Trinajstić information content (AvgIpc) is 1.66. The molecule has 2 nitrogen and oxygen atoms in total. The van der Waals surface area contributed by atoms with E-state index < -0.39 is 6.29 Å². The fraction of sp³-hybridized carbons (Fsp3) is 1.00. The lowest BCUT2D eigenvalue weighted by Crippen LogP contribution is -2.02. The van der Waals surface area contributed by atoms with Crippen molar-refractivity contribution in [1.82, 2.24) is 0 Å². The molecule has 0 aliphatic carbocycles. The van der Waals surface area contributed by atoms with E-state index in [1.54, 1.807) is 0 Å². The third-order valence-electron chi connectivity index (χ3n) is 1.07. The van der Waals surface area contributed by atoms with Gasteiger partial charge in [-0.15, -0.1) is 12.4 Å². The highest BCUT2D eigenvalue weighted by Gasteiger charge is 1.93. The number of unbranched alkanes of at least 4 members (excludes halogenated alkanes) is 2. The minimum atomic E-state index is -1.10. The topological polar surface area (TPSA) is 40.5 Å². The second kappa shape index (κ2) is 8.21. The van der Waals surface area contributed by atoms with Crippen LogP contribution in [0.3, 0.4) is 0 Å². The predicted octanol–water partition coefficient (Wildman–Crippen LogP) is 1.30. The van der Waals surface area contributed by atoms with Crippen molar-refractivity contribution in [2.45, 2.75) is 38.9 Å². The molecule has 0 unspecified atom stereocenters. The highest BCUT2D eigenvalue weighted by molar-refractivity contribution is 5.85. The third-order valence-corrected chi connectivity index (χ3v) is 1.07. The first kappa shape index (κ1) is 11.9. The summed E-state index contributed by atoms with van der Waals surface area (Å²) in [7, 11) is 0. The Morgan fingerprint density at radius 3 is 2.11 bits per heavy atom. The van der Waals surface area contributed by atoms with Crippen LogP contribution in [0, 0.1) is 0 Å². The molecule has 0 atom stereocenters. The SMILES string of the molecule is CCCCCC(O)O.Cl. The lowest BCUT2D eigenvalue weighted by molar-refractivity contribution is -0.0465. The maximum Gasteiger partial charge on any atom is 0.151 e. The summed E-state index contributed by atoms with van der Waals surface area (Å²) >= 11 is 0. The molecular formula is C6H15ClO2. The number of hydrogen-bond donors (Lipinski definition) is 2. The van der Waals surface area contributed by atoms with Gasteiger partial charge in [0.05, 0.1) is 0 Å². The van der Waals surface area contributed by atoms with Crippen LogP contribution in [0.2, 0.25) is 0 Å². The maximum absolute atomic E-state index is 8.33. The van der Waals surface area contributed by atoms with Crippen molar-refractivity contribution in [3.8, 4) is 0 Å². The first-order chi connectivity index (χ1) is 3.77. The molecule has 0 aromatic heterocycles. The van der Waals surface area contributed by atoms with Gasteiger partial charge >= 0.3 is 0 Å². The maximum atomic E-state index is 8.33. The van der Waals surface area contributed by atoms with Crippen molar-refractivity contribution in [2.75, 3.05) is 0 Å². The molecule has 0 aromatic carbocycles. The molecule has 0 heterocycles. The Balaban J connectivity index is 0. The van der Waals surface area contributed by atoms with Crippen molar-refractivity contribution >= 4 is 12.4 Å². The standard InChI is InChI=1S/C6H14O2.ClH/c1-2-3-4-5-6(7)8;/h6-8H,2-5H2,1H3;1H. The van der Waals surface area contributed by atoms with Crippen molar-refractivity contribution < 1.29 is 10.2 Å². The van der Waals surface area contributed by atoms with Crippen molar-refractivity contribution in [2.24, 2.45) is 0 Å². The molecule has 0 amide bonds. The second-order valence-corrected chi connectivity index (χ2v) is 1.98. The summed E-state index contributed by atoms with van der Waals surface area (Å²) in [5, 5.41) is 16.7. The third kappa shape index (κ3) is 11.7. The fourth-order valence-electron chi connectivity index (χ4n) is 0.577. The summed E-state index contributed by atoms with van der Waals surface area (Å²) in [6, 6.07) is 0. The van der Waals surface area contributed by atoms with Gasteiger partial charge in [0.2, 0.25) is 0 Å². The summed E-state index contributed by atoms with van der Waals surface area (Å²) in [6.07, 6.45) is 2.58. The first-order valence-electron chi connectivity index (χ1n) is 3.13. The van der Waals surface area contributed by atoms with Crippen LogP contribution in [0.4, 0.5) is 0 Å². The van der Waals surface area contributed by atoms with Crippen LogP contribution in [-0.2, 0) is 0 Å². The van der Waals surface area contributed by atoms with Gasteiger partial charge in [-0.05, 0) is 12.8 Å². The minimum Gasteiger partial charge on any atom is -0.368 e. The van der Waals surface area contributed by atoms with Gasteiger partial charge in [-0.25, -0.2) is 0 Å². The number of hydrogen-bond acceptors (Lipinski definition) is 2. The smallest absolute Gasteiger partial charge is 0.151 e. The van der Waals surface area contributed by atoms with Crippen LogP contribution in [0.25, 0.3) is 0 Å². The zero-order valence-corrected chi connectivity index (χ0v) is 6.52. The zero-order valence-electron chi connectivity index (χ0n) is 5.71. The van der Waals surface area contributed by atoms with Gasteiger partial charge < -0.3 is 10.2 Å². The molecule has 0 radical (unpaired) electrons. The Labute approximate surface area is 62.3 Å². The summed E-state index contributed by atoms with van der Waals surface area (Å²) in [5.74, 6) is 0. The Kier molecular flexibility index (Phi) is 10.9. The predicted molar refractivity (Wildman–Crippen MR) is 39.6 cm³/mol. The Bertz CT molecular complexity index is 48.3. The second-order valence-electron chi connectivity index (χ2n) is 1.98. The highest BCUT2D eigenvalue weighted by Crippen LogP contribution is 1.99. The lowest BCUT2D eigenvalue weighted by atomic mass is 10.2. The van der Waals surface area contributed by atoms with Crippen LogP contribution in [-0.4, -0.2) is 16.5 Å². The molecule has 3 heteroatoms. The molecule has 0 aromatic rings. The van der Waals surface area contributed by atoms with E-state index in [4.69, 9.17) is 10.2 Å². The molecule has 0 spiro atoms. The molecule has 0 aliphatic heterocycles. The summed E-state index contributed by atoms with van der Waals surface area (Å²) in [5.41, 5.74) is 0. The zero-order chi connectivity index (χ0) is 6.41. The van der Waals surface area contributed by atoms with E-state index in [0.29, 0.717) is 6.42 Å². The summed E-state index contributed by atoms with van der Waals surface area (Å²) < 4.78 is 0. The van der Waals surface area contributed by atoms with Crippen molar-refractivity contribution in [3.05, 3.63) is 0 Å². The van der Waals surface area contributed by atoms with Crippen LogP contribution < -0.4 is 0 Å². The molecular weight excluding hydrogens is 140 g/mol. The molecule has 0 bridgehead atoms. The molecule has 0 saturated heterocycles. The summed E-state index contributed by atoms with van der Waals surface area (Å²) in [4.78, 5) is 0. The van der Waals surface area contributed by atoms with E-state index in [1.807, 2.05) is 0 Å². The van der Waals surface area contributed by atoms with Gasteiger partial charge in [-0.1, -0.05) is 19.8 Å². The average molecular weight is 155 g/mol. The molecule has 0 saturated carbocycles. The normalized spacial score (nSPS) is 9.33. The molecule has 0 aliphatic rings. The van der Waals surface area contributed by atoms with E-state index in [2.05, 4.69) is 6.92 Å². The molecule has 9 heavy (non-hydrogen) atoms. The number of rotatable bonds is 4. The quantitative estimate of drug-likeness (QED) is 0.474. The number of aliphatic hydroxyl groups excluding tert-OH is 1. The van der Waals surface area contributed by atoms with Gasteiger partial charge in [0.1, 0.15) is 0 Å².